The number of hydrogen-bond acceptors (Lipinski definition) is 0. The summed E-state index contributed by atoms with van der Waals surface area (Å²) in [4.78, 5) is 0. The summed E-state index contributed by atoms with van der Waals surface area (Å²) in [5, 5.41) is 15.9. The average molecular weight is 646 g/mol. The summed E-state index contributed by atoms with van der Waals surface area (Å²) in [5.41, 5.74) is 0. The Morgan fingerprint density at radius 2 is 0.455 bits per heavy atom. The van der Waals surface area contributed by atoms with Gasteiger partial charge in [0.1, 0.15) is 0 Å². The van der Waals surface area contributed by atoms with E-state index in [1.807, 2.05) is 55.4 Å². The summed E-state index contributed by atoms with van der Waals surface area (Å²) in [6.45, 7) is 24.1. The molecule has 0 aromatic heterocycles. The largest absolute Gasteiger partial charge is 4.00 e. The van der Waals surface area contributed by atoms with Crippen LogP contribution in [0.25, 0.3) is 21.3 Å². The van der Waals surface area contributed by atoms with Gasteiger partial charge in [-0.1, -0.05) is 55.4 Å². The first kappa shape index (κ1) is 38.9. The Balaban J connectivity index is -0.0000000376. The van der Waals surface area contributed by atoms with Crippen LogP contribution in [0.5, 0.6) is 0 Å². The Morgan fingerprint density at radius 1 is 0.364 bits per heavy atom. The van der Waals surface area contributed by atoms with Crippen molar-refractivity contribution in [1.82, 2.24) is 0 Å². The van der Waals surface area contributed by atoms with Gasteiger partial charge in [-0.15, -0.1) is 0 Å². The monoisotopic (exact) mass is 648 g/mol. The van der Waals surface area contributed by atoms with Crippen molar-refractivity contribution in [2.75, 3.05) is 52.4 Å². The summed E-state index contributed by atoms with van der Waals surface area (Å²) in [7, 11) is 0. The Kier molecular flexibility index (Phi) is 101. The van der Waals surface area contributed by atoms with Gasteiger partial charge in [0.2, 0.25) is 0 Å². The van der Waals surface area contributed by atoms with Gasteiger partial charge in [0.25, 0.3) is 0 Å². The minimum Gasteiger partial charge on any atom is -0.663 e. The molecule has 0 atom stereocenters. The molecule has 0 aliphatic rings. The van der Waals surface area contributed by atoms with Crippen LogP contribution < -0.4 is 0 Å². The fraction of sp³-hybridized carbons (Fsp3) is 1.00. The van der Waals surface area contributed by atoms with Crippen LogP contribution in [0, 0.1) is 0 Å². The van der Waals surface area contributed by atoms with E-state index in [1.54, 1.807) is 0 Å². The molecule has 0 aromatic rings. The molecule has 0 heterocycles. The molecule has 22 heavy (non-hydrogen) atoms. The van der Waals surface area contributed by atoms with Crippen LogP contribution in [-0.4, -0.2) is 52.4 Å². The van der Waals surface area contributed by atoms with E-state index in [4.69, 9.17) is 0 Å². The number of hydrogen-bond donors (Lipinski definition) is 0. The molecule has 6 heteroatoms. The van der Waals surface area contributed by atoms with E-state index in [1.165, 1.54) is 0 Å². The van der Waals surface area contributed by atoms with Gasteiger partial charge < -0.3 is 21.3 Å². The minimum atomic E-state index is 0. The summed E-state index contributed by atoms with van der Waals surface area (Å²) in [6.07, 6.45) is 0. The quantitative estimate of drug-likeness (QED) is 0.309. The second kappa shape index (κ2) is 57.0. The Bertz CT molecular complexity index is 78.1. The summed E-state index contributed by atoms with van der Waals surface area (Å²) in [5.74, 6) is 0. The van der Waals surface area contributed by atoms with Crippen LogP contribution in [0.1, 0.15) is 55.4 Å². The van der Waals surface area contributed by atoms with Gasteiger partial charge in [-0.25, -0.2) is 0 Å². The third-order valence-electron chi connectivity index (χ3n) is 1.79. The molecule has 0 N–H and O–H groups in total. The van der Waals surface area contributed by atoms with Crippen molar-refractivity contribution in [3.05, 3.63) is 21.3 Å². The van der Waals surface area contributed by atoms with Gasteiger partial charge in [0.05, 0.1) is 0 Å². The second-order valence-corrected chi connectivity index (χ2v) is 3.42. The zero-order valence-corrected chi connectivity index (χ0v) is 23.6. The molecule has 0 saturated carbocycles. The van der Waals surface area contributed by atoms with Crippen molar-refractivity contribution in [3.63, 3.8) is 0 Å². The van der Waals surface area contributed by atoms with E-state index >= 15 is 0 Å². The Labute approximate surface area is 179 Å². The maximum atomic E-state index is 3.97. The predicted molar refractivity (Wildman–Crippen MR) is 97.8 cm³/mol. The summed E-state index contributed by atoms with van der Waals surface area (Å²) < 4.78 is 0. The van der Waals surface area contributed by atoms with Crippen molar-refractivity contribution in [2.45, 2.75) is 55.4 Å². The number of rotatable bonds is 8. The molecule has 0 amide bonds. The maximum absolute atomic E-state index is 3.97. The van der Waals surface area contributed by atoms with Gasteiger partial charge >= 0.3 is 25.8 Å². The first-order valence-electron chi connectivity index (χ1n) is 8.19. The van der Waals surface area contributed by atoms with Gasteiger partial charge in [0, 0.05) is 25.8 Å². The molecule has 0 spiro atoms. The molecule has 0 rings (SSSR count). The van der Waals surface area contributed by atoms with Crippen LogP contribution in [0.3, 0.4) is 0 Å². The Morgan fingerprint density at radius 3 is 0.455 bits per heavy atom. The minimum absolute atomic E-state index is 0. The molecule has 0 saturated heterocycles. The fourth-order valence-electron chi connectivity index (χ4n) is 0.894. The molecule has 132 valence electrons. The molecule has 0 aliphatic heterocycles. The molecule has 4 nitrogen and oxygen atoms in total. The van der Waals surface area contributed by atoms with E-state index in [0.717, 1.165) is 52.4 Å². The standard InChI is InChI=1S/4C4H10N.2Hf/c4*1-3-5-4-2;;/h4*3-4H2,1-2H3;;/q4*-1;;+4. The van der Waals surface area contributed by atoms with Gasteiger partial charge in [0.15, 0.2) is 0 Å². The predicted octanol–water partition coefficient (Wildman–Crippen LogP) is 5.59. The average Bonchev–Trinajstić information content (AvgIpc) is 2.44. The van der Waals surface area contributed by atoms with Crippen molar-refractivity contribution in [2.24, 2.45) is 0 Å². The van der Waals surface area contributed by atoms with E-state index < -0.39 is 0 Å². The third-order valence-corrected chi connectivity index (χ3v) is 1.79. The van der Waals surface area contributed by atoms with E-state index in [-0.39, 0.29) is 51.7 Å². The van der Waals surface area contributed by atoms with Crippen molar-refractivity contribution < 1.29 is 51.7 Å². The molecule has 0 bridgehead atoms. The molecule has 0 aromatic carbocycles. The molecule has 0 fully saturated rings. The van der Waals surface area contributed by atoms with E-state index in [9.17, 15) is 0 Å². The molecular formula is C16H40Hf2N4. The van der Waals surface area contributed by atoms with Gasteiger partial charge in [-0.2, -0.15) is 52.4 Å². The normalized spacial score (nSPS) is 7.64. The van der Waals surface area contributed by atoms with Crippen LogP contribution in [0.2, 0.25) is 0 Å². The van der Waals surface area contributed by atoms with Crippen LogP contribution >= 0.6 is 0 Å². The van der Waals surface area contributed by atoms with Gasteiger partial charge in [-0.3, -0.25) is 0 Å². The second-order valence-electron chi connectivity index (χ2n) is 3.42. The van der Waals surface area contributed by atoms with Crippen LogP contribution in [-0.2, 0) is 51.7 Å². The molecule has 0 radical (unpaired) electrons. The zero-order chi connectivity index (χ0) is 16.5. The first-order valence-corrected chi connectivity index (χ1v) is 8.19. The molecule has 0 unspecified atom stereocenters. The topological polar surface area (TPSA) is 56.4 Å². The van der Waals surface area contributed by atoms with Gasteiger partial charge in [-0.05, 0) is 0 Å². The summed E-state index contributed by atoms with van der Waals surface area (Å²) in [6, 6.07) is 0. The summed E-state index contributed by atoms with van der Waals surface area (Å²) >= 11 is 0. The van der Waals surface area contributed by atoms with Crippen molar-refractivity contribution in [1.29, 1.82) is 0 Å². The van der Waals surface area contributed by atoms with Crippen molar-refractivity contribution >= 4 is 0 Å². The zero-order valence-electron chi connectivity index (χ0n) is 16.4. The SMILES string of the molecule is CC[N-]CC.CC[N-]CC.CC[N-]CC.CC[N-]CC.[Hf+4].[Hf]. The molecular weight excluding hydrogens is 605 g/mol. The fourth-order valence-corrected chi connectivity index (χ4v) is 0.894. The van der Waals surface area contributed by atoms with E-state index in [2.05, 4.69) is 21.3 Å². The first-order chi connectivity index (χ1) is 9.66. The maximum Gasteiger partial charge on any atom is 4.00 e. The van der Waals surface area contributed by atoms with Crippen molar-refractivity contribution in [3.8, 4) is 0 Å². The van der Waals surface area contributed by atoms with Crippen LogP contribution in [0.15, 0.2) is 0 Å². The third kappa shape index (κ3) is 99.6. The van der Waals surface area contributed by atoms with E-state index in [0.29, 0.717) is 0 Å². The Hall–Kier alpha value is 1.58. The smallest absolute Gasteiger partial charge is 0.663 e. The van der Waals surface area contributed by atoms with Crippen LogP contribution in [0.4, 0.5) is 0 Å². The molecule has 0 aliphatic carbocycles. The number of nitrogens with zero attached hydrogens (tertiary/aromatic N) is 4.